The highest BCUT2D eigenvalue weighted by Gasteiger charge is 2.13. The Labute approximate surface area is 192 Å². The second-order valence-corrected chi connectivity index (χ2v) is 8.61. The van der Waals surface area contributed by atoms with E-state index in [1.807, 2.05) is 76.9 Å². The molecule has 0 amide bonds. The Hall–Kier alpha value is -3.12. The van der Waals surface area contributed by atoms with E-state index in [1.54, 1.807) is 11.3 Å². The van der Waals surface area contributed by atoms with Gasteiger partial charge in [-0.2, -0.15) is 5.10 Å². The number of phenols is 1. The Morgan fingerprint density at radius 3 is 2.55 bits per heavy atom. The van der Waals surface area contributed by atoms with E-state index < -0.39 is 0 Å². The van der Waals surface area contributed by atoms with Crippen LogP contribution in [0.15, 0.2) is 72.2 Å². The molecule has 7 heteroatoms. The Morgan fingerprint density at radius 2 is 1.77 bits per heavy atom. The molecule has 0 atom stereocenters. The van der Waals surface area contributed by atoms with E-state index in [0.717, 1.165) is 21.8 Å². The van der Waals surface area contributed by atoms with Gasteiger partial charge < -0.3 is 5.11 Å². The molecule has 0 aliphatic carbocycles. The average molecular weight is 464 g/mol. The molecule has 0 unspecified atom stereocenters. The van der Waals surface area contributed by atoms with Crippen LogP contribution in [0.2, 0.25) is 10.0 Å². The van der Waals surface area contributed by atoms with E-state index in [0.29, 0.717) is 21.6 Å². The second-order valence-electron chi connectivity index (χ2n) is 6.84. The Morgan fingerprint density at radius 1 is 0.935 bits per heavy atom. The highest BCUT2D eigenvalue weighted by Crippen LogP contribution is 2.36. The molecule has 3 heterocycles. The first-order valence-corrected chi connectivity index (χ1v) is 11.1. The van der Waals surface area contributed by atoms with Crippen molar-refractivity contribution in [2.24, 2.45) is 0 Å². The van der Waals surface area contributed by atoms with Gasteiger partial charge in [-0.1, -0.05) is 47.5 Å². The quantitative estimate of drug-likeness (QED) is 0.303. The highest BCUT2D eigenvalue weighted by molar-refractivity contribution is 7.13. The van der Waals surface area contributed by atoms with Gasteiger partial charge in [0.1, 0.15) is 11.2 Å². The molecule has 3 aromatic heterocycles. The molecule has 0 saturated carbocycles. The van der Waals surface area contributed by atoms with Crippen molar-refractivity contribution in [3.63, 3.8) is 0 Å². The summed E-state index contributed by atoms with van der Waals surface area (Å²) in [4.78, 5) is 5.62. The van der Waals surface area contributed by atoms with Gasteiger partial charge in [0.15, 0.2) is 5.75 Å². The van der Waals surface area contributed by atoms with Gasteiger partial charge in [0, 0.05) is 17.1 Å². The van der Waals surface area contributed by atoms with Gasteiger partial charge in [0.25, 0.3) is 0 Å². The number of fused-ring (bicyclic) bond motifs is 1. The van der Waals surface area contributed by atoms with Crippen molar-refractivity contribution in [1.29, 1.82) is 0 Å². The number of rotatable bonds is 4. The average Bonchev–Trinajstić information content (AvgIpc) is 3.46. The fourth-order valence-corrected chi connectivity index (χ4v) is 4.56. The maximum Gasteiger partial charge on any atom is 0.160 e. The predicted molar refractivity (Wildman–Crippen MR) is 129 cm³/mol. The molecule has 5 rings (SSSR count). The predicted octanol–water partition coefficient (Wildman–Crippen LogP) is 7.33. The number of aromatic hydroxyl groups is 1. The van der Waals surface area contributed by atoms with Crippen LogP contribution in [0, 0.1) is 0 Å². The highest BCUT2D eigenvalue weighted by atomic mass is 35.5. The second kappa shape index (κ2) is 8.19. The van der Waals surface area contributed by atoms with Crippen LogP contribution in [0.3, 0.4) is 0 Å². The van der Waals surface area contributed by atoms with E-state index >= 15 is 0 Å². The minimum atomic E-state index is -0.0764. The lowest BCUT2D eigenvalue weighted by atomic mass is 10.1. The minimum absolute atomic E-state index is 0.0764. The maximum absolute atomic E-state index is 10.3. The number of hydrogen-bond acceptors (Lipinski definition) is 4. The molecule has 5 aromatic rings. The van der Waals surface area contributed by atoms with Crippen molar-refractivity contribution in [3.05, 3.63) is 93.5 Å². The molecule has 0 radical (unpaired) electrons. The molecule has 0 aliphatic heterocycles. The van der Waals surface area contributed by atoms with Gasteiger partial charge in [-0.05, 0) is 53.9 Å². The van der Waals surface area contributed by atoms with E-state index in [1.165, 1.54) is 6.07 Å². The zero-order valence-corrected chi connectivity index (χ0v) is 18.4. The Bertz CT molecular complexity index is 1410. The van der Waals surface area contributed by atoms with Crippen LogP contribution in [0.25, 0.3) is 39.3 Å². The van der Waals surface area contributed by atoms with Crippen molar-refractivity contribution in [2.45, 2.75) is 0 Å². The zero-order chi connectivity index (χ0) is 21.4. The minimum Gasteiger partial charge on any atom is -0.504 e. The molecule has 2 aromatic carbocycles. The molecule has 31 heavy (non-hydrogen) atoms. The maximum atomic E-state index is 10.3. The fourth-order valence-electron chi connectivity index (χ4n) is 3.31. The van der Waals surface area contributed by atoms with E-state index in [9.17, 15) is 5.11 Å². The molecule has 0 saturated heterocycles. The molecule has 0 aliphatic rings. The lowest BCUT2D eigenvalue weighted by Crippen LogP contribution is -1.93. The monoisotopic (exact) mass is 463 g/mol. The van der Waals surface area contributed by atoms with Crippen LogP contribution >= 0.6 is 34.5 Å². The number of pyridine rings is 1. The smallest absolute Gasteiger partial charge is 0.160 e. The lowest BCUT2D eigenvalue weighted by Gasteiger charge is -2.05. The third-order valence-corrected chi connectivity index (χ3v) is 6.31. The zero-order valence-electron chi connectivity index (χ0n) is 16.0. The van der Waals surface area contributed by atoms with Crippen molar-refractivity contribution < 1.29 is 5.11 Å². The largest absolute Gasteiger partial charge is 0.504 e. The summed E-state index contributed by atoms with van der Waals surface area (Å²) in [7, 11) is 0. The van der Waals surface area contributed by atoms with Crippen LogP contribution in [-0.2, 0) is 0 Å². The van der Waals surface area contributed by atoms with Crippen molar-refractivity contribution in [3.8, 4) is 22.0 Å². The number of halogens is 2. The van der Waals surface area contributed by atoms with Gasteiger partial charge in [-0.3, -0.25) is 0 Å². The summed E-state index contributed by atoms with van der Waals surface area (Å²) in [6.45, 7) is 0. The van der Waals surface area contributed by atoms with E-state index in [2.05, 4.69) is 11.1 Å². The Kier molecular flexibility index (Phi) is 5.24. The number of aromatic nitrogens is 3. The lowest BCUT2D eigenvalue weighted by molar-refractivity contribution is 0.480. The third-order valence-electron chi connectivity index (χ3n) is 4.83. The molecular weight excluding hydrogens is 449 g/mol. The molecule has 0 fully saturated rings. The normalized spacial score (nSPS) is 11.5. The SMILES string of the molecule is Oc1c(Cl)cc(Cl)c2ccc(C=Cc3cn(-c4ccccc4)nc3-c3cccs3)nc12. The molecule has 152 valence electrons. The van der Waals surface area contributed by atoms with Gasteiger partial charge >= 0.3 is 0 Å². The summed E-state index contributed by atoms with van der Waals surface area (Å²) >= 11 is 13.9. The number of para-hydroxylation sites is 1. The fraction of sp³-hybridized carbons (Fsp3) is 0. The summed E-state index contributed by atoms with van der Waals surface area (Å²) in [5.74, 6) is -0.0764. The van der Waals surface area contributed by atoms with Gasteiger partial charge in [-0.25, -0.2) is 9.67 Å². The first-order chi connectivity index (χ1) is 15.1. The van der Waals surface area contributed by atoms with Crippen LogP contribution < -0.4 is 0 Å². The number of thiophene rings is 1. The van der Waals surface area contributed by atoms with Crippen molar-refractivity contribution >= 4 is 57.6 Å². The number of hydrogen-bond donors (Lipinski definition) is 1. The van der Waals surface area contributed by atoms with Crippen LogP contribution in [0.1, 0.15) is 11.3 Å². The first kappa shape index (κ1) is 19.8. The topological polar surface area (TPSA) is 50.9 Å². The van der Waals surface area contributed by atoms with Gasteiger partial charge in [-0.15, -0.1) is 11.3 Å². The summed E-state index contributed by atoms with van der Waals surface area (Å²) in [5, 5.41) is 18.4. The van der Waals surface area contributed by atoms with E-state index in [4.69, 9.17) is 28.3 Å². The summed E-state index contributed by atoms with van der Waals surface area (Å²) < 4.78 is 1.87. The number of nitrogens with zero attached hydrogens (tertiary/aromatic N) is 3. The third kappa shape index (κ3) is 3.83. The first-order valence-electron chi connectivity index (χ1n) is 9.45. The van der Waals surface area contributed by atoms with Crippen molar-refractivity contribution in [1.82, 2.24) is 14.8 Å². The van der Waals surface area contributed by atoms with Gasteiger partial charge in [0.05, 0.1) is 26.3 Å². The summed E-state index contributed by atoms with van der Waals surface area (Å²) in [5.41, 5.74) is 3.88. The van der Waals surface area contributed by atoms with Crippen LogP contribution in [0.4, 0.5) is 0 Å². The van der Waals surface area contributed by atoms with E-state index in [-0.39, 0.29) is 10.8 Å². The number of phenolic OH excluding ortho intramolecular Hbond substituents is 1. The molecule has 4 nitrogen and oxygen atoms in total. The van der Waals surface area contributed by atoms with Crippen LogP contribution in [0.5, 0.6) is 5.75 Å². The van der Waals surface area contributed by atoms with Gasteiger partial charge in [0.2, 0.25) is 0 Å². The molecule has 0 spiro atoms. The molecule has 0 bridgehead atoms. The molecule has 1 N–H and O–H groups in total. The summed E-state index contributed by atoms with van der Waals surface area (Å²) in [6, 6.07) is 19.2. The van der Waals surface area contributed by atoms with Crippen LogP contribution in [-0.4, -0.2) is 19.9 Å². The van der Waals surface area contributed by atoms with Crippen molar-refractivity contribution in [2.75, 3.05) is 0 Å². The number of benzene rings is 2. The molecular formula is C24H15Cl2N3OS. The summed E-state index contributed by atoms with van der Waals surface area (Å²) in [6.07, 6.45) is 5.85. The standard InChI is InChI=1S/C24H15Cl2N3OS/c25-19-13-20(26)24(30)23-18(19)11-10-16(27-23)9-8-15-14-29(17-5-2-1-3-6-17)28-22(15)21-7-4-12-31-21/h1-14,30H. The Balaban J connectivity index is 1.58.